The quantitative estimate of drug-likeness (QED) is 0.576. The minimum Gasteiger partial charge on any atom is -0.468 e. The van der Waals surface area contributed by atoms with Gasteiger partial charge in [-0.3, -0.25) is 9.69 Å². The second kappa shape index (κ2) is 6.21. The third-order valence-electron chi connectivity index (χ3n) is 2.78. The van der Waals surface area contributed by atoms with Crippen molar-refractivity contribution in [3.63, 3.8) is 0 Å². The maximum Gasteiger partial charge on any atom is 0.324 e. The predicted octanol–water partition coefficient (Wildman–Crippen LogP) is 2.06. The van der Waals surface area contributed by atoms with E-state index in [0.29, 0.717) is 0 Å². The van der Waals surface area contributed by atoms with Crippen molar-refractivity contribution in [3.8, 4) is 0 Å². The number of methoxy groups -OCH3 is 1. The molecule has 0 unspecified atom stereocenters. The number of benzene rings is 1. The van der Waals surface area contributed by atoms with Crippen LogP contribution in [0.1, 0.15) is 11.5 Å². The van der Waals surface area contributed by atoms with Gasteiger partial charge in [0, 0.05) is 5.92 Å². The first-order valence-electron chi connectivity index (χ1n) is 5.53. The van der Waals surface area contributed by atoms with E-state index in [9.17, 15) is 4.79 Å². The lowest BCUT2D eigenvalue weighted by Crippen LogP contribution is -2.41. The zero-order valence-electron chi connectivity index (χ0n) is 10.6. The van der Waals surface area contributed by atoms with Crippen molar-refractivity contribution < 1.29 is 9.53 Å². The third kappa shape index (κ3) is 3.17. The molecule has 1 aromatic carbocycles. The van der Waals surface area contributed by atoms with Gasteiger partial charge in [0.15, 0.2) is 0 Å². The summed E-state index contributed by atoms with van der Waals surface area (Å²) in [6, 6.07) is 9.50. The summed E-state index contributed by atoms with van der Waals surface area (Å²) in [7, 11) is 5.13. The predicted molar refractivity (Wildman–Crippen MR) is 68.9 cm³/mol. The van der Waals surface area contributed by atoms with Crippen molar-refractivity contribution >= 4 is 5.97 Å². The molecule has 17 heavy (non-hydrogen) atoms. The highest BCUT2D eigenvalue weighted by Gasteiger charge is 2.30. The van der Waals surface area contributed by atoms with E-state index in [1.54, 1.807) is 6.08 Å². The average molecular weight is 233 g/mol. The van der Waals surface area contributed by atoms with Gasteiger partial charge in [0.25, 0.3) is 0 Å². The second-order valence-corrected chi connectivity index (χ2v) is 4.10. The highest BCUT2D eigenvalue weighted by molar-refractivity contribution is 5.77. The van der Waals surface area contributed by atoms with Crippen LogP contribution in [0.3, 0.4) is 0 Å². The molecule has 0 radical (unpaired) electrons. The number of hydrogen-bond donors (Lipinski definition) is 0. The van der Waals surface area contributed by atoms with Crippen LogP contribution in [0.4, 0.5) is 0 Å². The molecule has 0 N–H and O–H groups in total. The number of hydrogen-bond acceptors (Lipinski definition) is 3. The standard InChI is InChI=1S/C14H19NO2/c1-5-12(11-9-7-6-8-10-11)13(15(2)3)14(16)17-4/h5-10,12-13H,1H2,2-4H3/t12-,13-/m0/s1. The van der Waals surface area contributed by atoms with Crippen LogP contribution in [0.25, 0.3) is 0 Å². The van der Waals surface area contributed by atoms with E-state index >= 15 is 0 Å². The number of carbonyl (C=O) groups is 1. The lowest BCUT2D eigenvalue weighted by Gasteiger charge is -2.28. The number of carbonyl (C=O) groups excluding carboxylic acids is 1. The van der Waals surface area contributed by atoms with Crippen LogP contribution in [0.5, 0.6) is 0 Å². The number of rotatable bonds is 5. The van der Waals surface area contributed by atoms with E-state index in [2.05, 4.69) is 6.58 Å². The number of esters is 1. The van der Waals surface area contributed by atoms with Crippen molar-refractivity contribution in [1.82, 2.24) is 4.90 Å². The van der Waals surface area contributed by atoms with Crippen LogP contribution in [-0.2, 0) is 9.53 Å². The molecule has 0 fully saturated rings. The van der Waals surface area contributed by atoms with Gasteiger partial charge in [-0.15, -0.1) is 6.58 Å². The van der Waals surface area contributed by atoms with Crippen LogP contribution in [0.15, 0.2) is 43.0 Å². The van der Waals surface area contributed by atoms with Gasteiger partial charge < -0.3 is 4.74 Å². The van der Waals surface area contributed by atoms with Gasteiger partial charge >= 0.3 is 5.97 Å². The van der Waals surface area contributed by atoms with Crippen LogP contribution in [0.2, 0.25) is 0 Å². The zero-order chi connectivity index (χ0) is 12.8. The number of likely N-dealkylation sites (N-methyl/N-ethyl adjacent to an activating group) is 1. The van der Waals surface area contributed by atoms with Crippen molar-refractivity contribution in [2.75, 3.05) is 21.2 Å². The van der Waals surface area contributed by atoms with Gasteiger partial charge in [-0.1, -0.05) is 36.4 Å². The molecule has 92 valence electrons. The molecule has 0 spiro atoms. The smallest absolute Gasteiger partial charge is 0.324 e. The topological polar surface area (TPSA) is 29.5 Å². The normalized spacial score (nSPS) is 14.1. The van der Waals surface area contributed by atoms with Crippen molar-refractivity contribution in [2.24, 2.45) is 0 Å². The Morgan fingerprint density at radius 3 is 2.35 bits per heavy atom. The Balaban J connectivity index is 3.06. The first-order valence-corrected chi connectivity index (χ1v) is 5.53. The van der Waals surface area contributed by atoms with Crippen LogP contribution < -0.4 is 0 Å². The first-order chi connectivity index (χ1) is 8.11. The average Bonchev–Trinajstić information content (AvgIpc) is 2.35. The van der Waals surface area contributed by atoms with Crippen molar-refractivity contribution in [2.45, 2.75) is 12.0 Å². The summed E-state index contributed by atoms with van der Waals surface area (Å²) in [5.74, 6) is -0.317. The Bertz CT molecular complexity index is 373. The summed E-state index contributed by atoms with van der Waals surface area (Å²) in [5, 5.41) is 0. The SMILES string of the molecule is C=C[C@@H](c1ccccc1)[C@@H](C(=O)OC)N(C)C. The first kappa shape index (κ1) is 13.5. The van der Waals surface area contributed by atoms with E-state index in [1.165, 1.54) is 7.11 Å². The fraction of sp³-hybridized carbons (Fsp3) is 0.357. The molecule has 0 saturated carbocycles. The Morgan fingerprint density at radius 2 is 1.94 bits per heavy atom. The van der Waals surface area contributed by atoms with Gasteiger partial charge in [-0.05, 0) is 19.7 Å². The molecule has 0 saturated heterocycles. The Labute approximate surface area is 103 Å². The fourth-order valence-corrected chi connectivity index (χ4v) is 1.92. The molecule has 3 nitrogen and oxygen atoms in total. The van der Waals surface area contributed by atoms with Crippen molar-refractivity contribution in [3.05, 3.63) is 48.6 Å². The molecule has 0 aliphatic rings. The maximum atomic E-state index is 11.8. The lowest BCUT2D eigenvalue weighted by atomic mass is 9.91. The number of ether oxygens (including phenoxy) is 1. The molecule has 3 heteroatoms. The van der Waals surface area contributed by atoms with Crippen LogP contribution in [0, 0.1) is 0 Å². The molecule has 0 aromatic heterocycles. The minimum absolute atomic E-state index is 0.0707. The van der Waals surface area contributed by atoms with E-state index < -0.39 is 0 Å². The highest BCUT2D eigenvalue weighted by Crippen LogP contribution is 2.24. The molecule has 1 aromatic rings. The summed E-state index contributed by atoms with van der Waals surface area (Å²) in [6.45, 7) is 3.82. The molecule has 0 bridgehead atoms. The number of nitrogens with zero attached hydrogens (tertiary/aromatic N) is 1. The molecule has 0 amide bonds. The molecular weight excluding hydrogens is 214 g/mol. The second-order valence-electron chi connectivity index (χ2n) is 4.10. The van der Waals surface area contributed by atoms with Gasteiger partial charge in [0.05, 0.1) is 7.11 Å². The van der Waals surface area contributed by atoms with Crippen LogP contribution >= 0.6 is 0 Å². The largest absolute Gasteiger partial charge is 0.468 e. The summed E-state index contributed by atoms with van der Waals surface area (Å²) in [4.78, 5) is 13.7. The molecular formula is C14H19NO2. The van der Waals surface area contributed by atoms with Gasteiger partial charge in [-0.25, -0.2) is 0 Å². The highest BCUT2D eigenvalue weighted by atomic mass is 16.5. The Hall–Kier alpha value is -1.61. The third-order valence-corrected chi connectivity index (χ3v) is 2.78. The zero-order valence-corrected chi connectivity index (χ0v) is 10.6. The minimum atomic E-state index is -0.347. The van der Waals surface area contributed by atoms with Crippen molar-refractivity contribution in [1.29, 1.82) is 0 Å². The summed E-state index contributed by atoms with van der Waals surface area (Å²) in [5.41, 5.74) is 1.06. The van der Waals surface area contributed by atoms with E-state index in [0.717, 1.165) is 5.56 Å². The summed E-state index contributed by atoms with van der Waals surface area (Å²) in [6.07, 6.45) is 1.79. The van der Waals surface area contributed by atoms with E-state index in [-0.39, 0.29) is 17.9 Å². The summed E-state index contributed by atoms with van der Waals surface area (Å²) >= 11 is 0. The Kier molecular flexibility index (Phi) is 4.91. The fourth-order valence-electron chi connectivity index (χ4n) is 1.92. The van der Waals surface area contributed by atoms with E-state index in [4.69, 9.17) is 4.74 Å². The monoisotopic (exact) mass is 233 g/mol. The molecule has 1 rings (SSSR count). The molecule has 0 heterocycles. The summed E-state index contributed by atoms with van der Waals surface area (Å²) < 4.78 is 4.85. The Morgan fingerprint density at radius 1 is 1.35 bits per heavy atom. The van der Waals surface area contributed by atoms with Gasteiger partial charge in [0.2, 0.25) is 0 Å². The maximum absolute atomic E-state index is 11.8. The van der Waals surface area contributed by atoms with Crippen LogP contribution in [-0.4, -0.2) is 38.1 Å². The van der Waals surface area contributed by atoms with E-state index in [1.807, 2.05) is 49.3 Å². The molecule has 2 atom stereocenters. The van der Waals surface area contributed by atoms with Gasteiger partial charge in [0.1, 0.15) is 6.04 Å². The molecule has 0 aliphatic carbocycles. The van der Waals surface area contributed by atoms with Gasteiger partial charge in [-0.2, -0.15) is 0 Å². The molecule has 0 aliphatic heterocycles. The lowest BCUT2D eigenvalue weighted by molar-refractivity contribution is -0.146.